The normalized spacial score (nSPS) is 10.5. The van der Waals surface area contributed by atoms with Gasteiger partial charge in [0.15, 0.2) is 6.61 Å². The van der Waals surface area contributed by atoms with E-state index in [1.165, 1.54) is 0 Å². The minimum atomic E-state index is -0.280. The van der Waals surface area contributed by atoms with E-state index in [-0.39, 0.29) is 12.5 Å². The SMILES string of the molecule is CCOc1ccccc1NC(=O)COc1nc(CC)nc2ccccc12. The number of carbonyl (C=O) groups is 1. The first-order chi connectivity index (χ1) is 12.7. The van der Waals surface area contributed by atoms with Crippen molar-refractivity contribution in [2.75, 3.05) is 18.5 Å². The second kappa shape index (κ2) is 8.29. The molecule has 1 aromatic heterocycles. The molecule has 6 heteroatoms. The molecule has 3 rings (SSSR count). The fraction of sp³-hybridized carbons (Fsp3) is 0.250. The van der Waals surface area contributed by atoms with Crippen molar-refractivity contribution in [3.8, 4) is 11.6 Å². The van der Waals surface area contributed by atoms with Crippen LogP contribution in [0, 0.1) is 0 Å². The summed E-state index contributed by atoms with van der Waals surface area (Å²) in [5.41, 5.74) is 1.42. The first-order valence-electron chi connectivity index (χ1n) is 8.61. The van der Waals surface area contributed by atoms with E-state index in [1.807, 2.05) is 56.3 Å². The summed E-state index contributed by atoms with van der Waals surface area (Å²) < 4.78 is 11.2. The highest BCUT2D eigenvalue weighted by molar-refractivity contribution is 5.93. The molecule has 0 saturated heterocycles. The number of nitrogens with zero attached hydrogens (tertiary/aromatic N) is 2. The molecule has 0 bridgehead atoms. The van der Waals surface area contributed by atoms with Crippen LogP contribution in [0.1, 0.15) is 19.7 Å². The fourth-order valence-electron chi connectivity index (χ4n) is 2.53. The standard InChI is InChI=1S/C20H21N3O3/c1-3-18-21-15-10-6-5-9-14(15)20(23-18)26-13-19(24)22-16-11-7-8-12-17(16)25-4-2/h5-12H,3-4,13H2,1-2H3,(H,22,24). The van der Waals surface area contributed by atoms with Crippen molar-refractivity contribution in [1.29, 1.82) is 0 Å². The van der Waals surface area contributed by atoms with Crippen LogP contribution in [0.25, 0.3) is 10.9 Å². The highest BCUT2D eigenvalue weighted by Crippen LogP contribution is 2.24. The number of para-hydroxylation sites is 3. The molecule has 1 heterocycles. The van der Waals surface area contributed by atoms with Gasteiger partial charge in [-0.05, 0) is 31.2 Å². The zero-order chi connectivity index (χ0) is 18.4. The number of fused-ring (bicyclic) bond motifs is 1. The zero-order valence-electron chi connectivity index (χ0n) is 14.9. The summed E-state index contributed by atoms with van der Waals surface area (Å²) in [5.74, 6) is 1.45. The Kier molecular flexibility index (Phi) is 5.63. The Labute approximate surface area is 152 Å². The Morgan fingerprint density at radius 2 is 1.77 bits per heavy atom. The largest absolute Gasteiger partial charge is 0.492 e. The van der Waals surface area contributed by atoms with Gasteiger partial charge in [0.2, 0.25) is 5.88 Å². The Hall–Kier alpha value is -3.15. The maximum atomic E-state index is 12.3. The predicted octanol–water partition coefficient (Wildman–Crippen LogP) is 3.61. The molecule has 1 N–H and O–H groups in total. The average Bonchev–Trinajstić information content (AvgIpc) is 2.67. The number of rotatable bonds is 7. The van der Waals surface area contributed by atoms with Crippen LogP contribution >= 0.6 is 0 Å². The smallest absolute Gasteiger partial charge is 0.262 e. The van der Waals surface area contributed by atoms with Crippen LogP contribution in [0.15, 0.2) is 48.5 Å². The molecule has 0 saturated carbocycles. The minimum Gasteiger partial charge on any atom is -0.492 e. The Bertz CT molecular complexity index is 912. The summed E-state index contributed by atoms with van der Waals surface area (Å²) in [6.45, 7) is 4.25. The molecule has 0 aliphatic rings. The first kappa shape index (κ1) is 17.7. The molecule has 3 aromatic rings. The van der Waals surface area contributed by atoms with Crippen molar-refractivity contribution in [2.45, 2.75) is 20.3 Å². The van der Waals surface area contributed by atoms with E-state index in [1.54, 1.807) is 6.07 Å². The second-order valence-corrected chi connectivity index (χ2v) is 5.58. The van der Waals surface area contributed by atoms with Crippen LogP contribution in [-0.4, -0.2) is 29.1 Å². The number of anilines is 1. The average molecular weight is 351 g/mol. The van der Waals surface area contributed by atoms with Crippen LogP contribution in [0.2, 0.25) is 0 Å². The third-order valence-electron chi connectivity index (χ3n) is 3.73. The molecule has 0 fully saturated rings. The highest BCUT2D eigenvalue weighted by atomic mass is 16.5. The van der Waals surface area contributed by atoms with Gasteiger partial charge >= 0.3 is 0 Å². The number of hydrogen-bond acceptors (Lipinski definition) is 5. The minimum absolute atomic E-state index is 0.148. The Balaban J connectivity index is 1.73. The molecule has 0 aliphatic carbocycles. The van der Waals surface area contributed by atoms with Crippen molar-refractivity contribution in [1.82, 2.24) is 9.97 Å². The molecule has 6 nitrogen and oxygen atoms in total. The lowest BCUT2D eigenvalue weighted by atomic mass is 10.2. The van der Waals surface area contributed by atoms with Gasteiger partial charge < -0.3 is 14.8 Å². The third-order valence-corrected chi connectivity index (χ3v) is 3.73. The van der Waals surface area contributed by atoms with E-state index in [0.717, 1.165) is 10.9 Å². The van der Waals surface area contributed by atoms with Crippen molar-refractivity contribution < 1.29 is 14.3 Å². The molecule has 134 valence electrons. The number of amides is 1. The molecular formula is C20H21N3O3. The van der Waals surface area contributed by atoms with Crippen molar-refractivity contribution >= 4 is 22.5 Å². The summed E-state index contributed by atoms with van der Waals surface area (Å²) in [4.78, 5) is 21.2. The number of carbonyl (C=O) groups excluding carboxylic acids is 1. The van der Waals surface area contributed by atoms with Gasteiger partial charge in [0.05, 0.1) is 23.2 Å². The molecule has 2 aromatic carbocycles. The number of benzene rings is 2. The lowest BCUT2D eigenvalue weighted by Crippen LogP contribution is -2.21. The molecule has 0 radical (unpaired) electrons. The molecule has 0 atom stereocenters. The monoisotopic (exact) mass is 351 g/mol. The van der Waals surface area contributed by atoms with E-state index in [0.29, 0.717) is 36.2 Å². The van der Waals surface area contributed by atoms with Crippen molar-refractivity contribution in [3.05, 3.63) is 54.4 Å². The van der Waals surface area contributed by atoms with Crippen molar-refractivity contribution in [2.24, 2.45) is 0 Å². The predicted molar refractivity (Wildman–Crippen MR) is 101 cm³/mol. The quantitative estimate of drug-likeness (QED) is 0.704. The maximum absolute atomic E-state index is 12.3. The lowest BCUT2D eigenvalue weighted by Gasteiger charge is -2.12. The Morgan fingerprint density at radius 3 is 2.58 bits per heavy atom. The van der Waals surface area contributed by atoms with Crippen LogP contribution in [0.5, 0.6) is 11.6 Å². The summed E-state index contributed by atoms with van der Waals surface area (Å²) in [6, 6.07) is 14.9. The van der Waals surface area contributed by atoms with E-state index < -0.39 is 0 Å². The van der Waals surface area contributed by atoms with Gasteiger partial charge in [-0.15, -0.1) is 0 Å². The number of ether oxygens (including phenoxy) is 2. The van der Waals surface area contributed by atoms with E-state index in [4.69, 9.17) is 9.47 Å². The van der Waals surface area contributed by atoms with Gasteiger partial charge in [-0.25, -0.2) is 4.98 Å². The number of aryl methyl sites for hydroxylation is 1. The summed E-state index contributed by atoms with van der Waals surface area (Å²) in [5, 5.41) is 3.59. The van der Waals surface area contributed by atoms with Crippen LogP contribution in [-0.2, 0) is 11.2 Å². The van der Waals surface area contributed by atoms with Crippen LogP contribution < -0.4 is 14.8 Å². The zero-order valence-corrected chi connectivity index (χ0v) is 14.9. The van der Waals surface area contributed by atoms with Gasteiger partial charge in [-0.3, -0.25) is 4.79 Å². The molecule has 0 unspecified atom stereocenters. The molecule has 1 amide bonds. The van der Waals surface area contributed by atoms with Gasteiger partial charge in [-0.1, -0.05) is 31.2 Å². The maximum Gasteiger partial charge on any atom is 0.262 e. The van der Waals surface area contributed by atoms with Crippen LogP contribution in [0.3, 0.4) is 0 Å². The van der Waals surface area contributed by atoms with Crippen molar-refractivity contribution in [3.63, 3.8) is 0 Å². The lowest BCUT2D eigenvalue weighted by molar-refractivity contribution is -0.118. The van der Waals surface area contributed by atoms with Gasteiger partial charge in [0.25, 0.3) is 5.91 Å². The molecule has 0 spiro atoms. The van der Waals surface area contributed by atoms with E-state index in [2.05, 4.69) is 15.3 Å². The summed E-state index contributed by atoms with van der Waals surface area (Å²) in [7, 11) is 0. The first-order valence-corrected chi connectivity index (χ1v) is 8.61. The summed E-state index contributed by atoms with van der Waals surface area (Å²) >= 11 is 0. The van der Waals surface area contributed by atoms with Crippen LogP contribution in [0.4, 0.5) is 5.69 Å². The number of hydrogen-bond donors (Lipinski definition) is 1. The van der Waals surface area contributed by atoms with Gasteiger partial charge in [-0.2, -0.15) is 4.98 Å². The third kappa shape index (κ3) is 4.08. The fourth-order valence-corrected chi connectivity index (χ4v) is 2.53. The molecule has 26 heavy (non-hydrogen) atoms. The summed E-state index contributed by atoms with van der Waals surface area (Å²) in [6.07, 6.45) is 0.690. The second-order valence-electron chi connectivity index (χ2n) is 5.58. The van der Waals surface area contributed by atoms with Gasteiger partial charge in [0.1, 0.15) is 11.6 Å². The van der Waals surface area contributed by atoms with E-state index >= 15 is 0 Å². The molecular weight excluding hydrogens is 330 g/mol. The molecule has 0 aliphatic heterocycles. The Morgan fingerprint density at radius 1 is 1.00 bits per heavy atom. The number of aromatic nitrogens is 2. The highest BCUT2D eigenvalue weighted by Gasteiger charge is 2.12. The van der Waals surface area contributed by atoms with E-state index in [9.17, 15) is 4.79 Å². The number of nitrogens with one attached hydrogen (secondary N) is 1. The van der Waals surface area contributed by atoms with Gasteiger partial charge in [0, 0.05) is 6.42 Å². The topological polar surface area (TPSA) is 73.3 Å².